The Morgan fingerprint density at radius 3 is 2.62 bits per heavy atom. The Balaban J connectivity index is 3.56. The van der Waals surface area contributed by atoms with Crippen molar-refractivity contribution < 1.29 is 14.7 Å². The molecule has 0 saturated heterocycles. The molecule has 2 amide bonds. The van der Waals surface area contributed by atoms with E-state index in [-0.39, 0.29) is 0 Å². The van der Waals surface area contributed by atoms with Crippen LogP contribution < -0.4 is 10.6 Å². The molecule has 13 heavy (non-hydrogen) atoms. The van der Waals surface area contributed by atoms with E-state index in [1.165, 1.54) is 6.92 Å². The van der Waals surface area contributed by atoms with Gasteiger partial charge in [0.05, 0.1) is 0 Å². The number of urea groups is 1. The molecule has 0 saturated carbocycles. The molecular formula is C7H14N2O3S. The third-order valence-electron chi connectivity index (χ3n) is 1.31. The predicted molar refractivity (Wildman–Crippen MR) is 52.0 cm³/mol. The molecule has 3 N–H and O–H groups in total. The maximum atomic E-state index is 10.9. The zero-order valence-electron chi connectivity index (χ0n) is 7.66. The van der Waals surface area contributed by atoms with Gasteiger partial charge in [-0.15, -0.1) is 0 Å². The highest BCUT2D eigenvalue weighted by Crippen LogP contribution is 1.87. The number of hydrogen-bond donors (Lipinski definition) is 3. The van der Waals surface area contributed by atoms with Crippen molar-refractivity contribution in [3.8, 4) is 0 Å². The molecule has 0 aliphatic carbocycles. The molecule has 0 aromatic heterocycles. The highest BCUT2D eigenvalue weighted by atomic mass is 32.2. The number of carbonyl (C=O) groups excluding carboxylic acids is 1. The zero-order valence-corrected chi connectivity index (χ0v) is 8.48. The summed E-state index contributed by atoms with van der Waals surface area (Å²) in [5.41, 5.74) is 0. The fraction of sp³-hybridized carbons (Fsp3) is 0.714. The zero-order chi connectivity index (χ0) is 10.3. The third-order valence-corrected chi connectivity index (χ3v) is 1.92. The van der Waals surface area contributed by atoms with Crippen LogP contribution in [0.4, 0.5) is 4.79 Å². The van der Waals surface area contributed by atoms with Crippen LogP contribution in [0.1, 0.15) is 6.92 Å². The molecule has 6 heteroatoms. The Kier molecular flexibility index (Phi) is 6.13. The highest BCUT2D eigenvalue weighted by Gasteiger charge is 2.12. The number of amides is 2. The fourth-order valence-corrected chi connectivity index (χ4v) is 0.882. The molecule has 1 atom stereocenters. The minimum Gasteiger partial charge on any atom is -0.480 e. The summed E-state index contributed by atoms with van der Waals surface area (Å²) in [5.74, 6) is -0.227. The van der Waals surface area contributed by atoms with Crippen molar-refractivity contribution in [2.75, 3.05) is 18.6 Å². The average Bonchev–Trinajstić information content (AvgIpc) is 2.04. The van der Waals surface area contributed by atoms with Gasteiger partial charge < -0.3 is 15.7 Å². The van der Waals surface area contributed by atoms with Gasteiger partial charge in [0.1, 0.15) is 6.04 Å². The summed E-state index contributed by atoms with van der Waals surface area (Å²) in [4.78, 5) is 21.3. The van der Waals surface area contributed by atoms with E-state index < -0.39 is 18.0 Å². The number of thioether (sulfide) groups is 1. The van der Waals surface area contributed by atoms with Crippen molar-refractivity contribution in [2.45, 2.75) is 13.0 Å². The smallest absolute Gasteiger partial charge is 0.325 e. The minimum atomic E-state index is -1.04. The number of carboxylic acids is 1. The lowest BCUT2D eigenvalue weighted by Crippen LogP contribution is -2.44. The molecule has 0 bridgehead atoms. The van der Waals surface area contributed by atoms with E-state index in [0.717, 1.165) is 5.75 Å². The van der Waals surface area contributed by atoms with Gasteiger partial charge in [-0.1, -0.05) is 0 Å². The van der Waals surface area contributed by atoms with Gasteiger partial charge in [0.25, 0.3) is 0 Å². The summed E-state index contributed by atoms with van der Waals surface area (Å²) >= 11 is 1.61. The predicted octanol–water partition coefficient (Wildman–Crippen LogP) is 0.122. The van der Waals surface area contributed by atoms with Crippen molar-refractivity contribution >= 4 is 23.8 Å². The number of nitrogens with one attached hydrogen (secondary N) is 2. The van der Waals surface area contributed by atoms with Crippen LogP contribution >= 0.6 is 11.8 Å². The van der Waals surface area contributed by atoms with E-state index in [4.69, 9.17) is 5.11 Å². The van der Waals surface area contributed by atoms with Gasteiger partial charge in [-0.2, -0.15) is 11.8 Å². The molecule has 0 spiro atoms. The summed E-state index contributed by atoms with van der Waals surface area (Å²) in [6.07, 6.45) is 1.93. The van der Waals surface area contributed by atoms with Crippen molar-refractivity contribution in [1.82, 2.24) is 10.6 Å². The first-order chi connectivity index (χ1) is 6.07. The molecule has 0 aliphatic heterocycles. The molecule has 0 aromatic carbocycles. The van der Waals surface area contributed by atoms with Gasteiger partial charge in [0.2, 0.25) is 0 Å². The number of aliphatic carboxylic acids is 1. The lowest BCUT2D eigenvalue weighted by atomic mass is 10.3. The van der Waals surface area contributed by atoms with Crippen molar-refractivity contribution in [3.63, 3.8) is 0 Å². The molecule has 0 aliphatic rings. The largest absolute Gasteiger partial charge is 0.480 e. The maximum absolute atomic E-state index is 10.9. The number of carbonyl (C=O) groups is 2. The number of hydrogen-bond acceptors (Lipinski definition) is 3. The molecule has 5 nitrogen and oxygen atoms in total. The number of carboxylic acid groups (broad SMARTS) is 1. The first-order valence-electron chi connectivity index (χ1n) is 3.84. The van der Waals surface area contributed by atoms with E-state index in [1.54, 1.807) is 11.8 Å². The molecule has 0 radical (unpaired) electrons. The minimum absolute atomic E-state index is 0.441. The van der Waals surface area contributed by atoms with E-state index >= 15 is 0 Å². The summed E-state index contributed by atoms with van der Waals surface area (Å²) in [6, 6.07) is -1.29. The van der Waals surface area contributed by atoms with Crippen molar-refractivity contribution in [2.24, 2.45) is 0 Å². The monoisotopic (exact) mass is 206 g/mol. The van der Waals surface area contributed by atoms with Crippen LogP contribution in [0.15, 0.2) is 0 Å². The van der Waals surface area contributed by atoms with Gasteiger partial charge in [-0.3, -0.25) is 4.79 Å². The normalized spacial score (nSPS) is 11.8. The molecule has 0 rings (SSSR count). The first kappa shape index (κ1) is 12.1. The van der Waals surface area contributed by atoms with E-state index in [2.05, 4.69) is 10.6 Å². The number of rotatable bonds is 5. The Bertz CT molecular complexity index is 187. The van der Waals surface area contributed by atoms with Gasteiger partial charge >= 0.3 is 12.0 Å². The van der Waals surface area contributed by atoms with Gasteiger partial charge in [-0.05, 0) is 13.2 Å². The topological polar surface area (TPSA) is 78.4 Å². The molecule has 0 fully saturated rings. The Morgan fingerprint density at radius 1 is 1.54 bits per heavy atom. The molecular weight excluding hydrogens is 192 g/mol. The second-order valence-corrected chi connectivity index (χ2v) is 3.44. The van der Waals surface area contributed by atoms with Crippen LogP contribution in [-0.2, 0) is 4.79 Å². The van der Waals surface area contributed by atoms with Crippen LogP contribution in [0, 0.1) is 0 Å². The summed E-state index contributed by atoms with van der Waals surface area (Å²) in [6.45, 7) is 1.95. The third kappa shape index (κ3) is 6.27. The summed E-state index contributed by atoms with van der Waals surface area (Å²) < 4.78 is 0. The fourth-order valence-electron chi connectivity index (χ4n) is 0.576. The van der Waals surface area contributed by atoms with Gasteiger partial charge in [0, 0.05) is 12.3 Å². The average molecular weight is 206 g/mol. The van der Waals surface area contributed by atoms with Crippen molar-refractivity contribution in [3.05, 3.63) is 0 Å². The lowest BCUT2D eigenvalue weighted by Gasteiger charge is -2.09. The first-order valence-corrected chi connectivity index (χ1v) is 5.23. The van der Waals surface area contributed by atoms with E-state index in [9.17, 15) is 9.59 Å². The Hall–Kier alpha value is -0.910. The van der Waals surface area contributed by atoms with Crippen LogP contribution in [0.2, 0.25) is 0 Å². The highest BCUT2D eigenvalue weighted by molar-refractivity contribution is 7.98. The van der Waals surface area contributed by atoms with E-state index in [1.807, 2.05) is 6.26 Å². The van der Waals surface area contributed by atoms with Gasteiger partial charge in [0.15, 0.2) is 0 Å². The lowest BCUT2D eigenvalue weighted by molar-refractivity contribution is -0.138. The Labute approximate surface area is 81.3 Å². The standard InChI is InChI=1S/C7H14N2O3S/c1-5(6(10)11)9-7(12)8-3-4-13-2/h5H,3-4H2,1-2H3,(H,10,11)(H2,8,9,12). The van der Waals surface area contributed by atoms with Crippen LogP contribution in [-0.4, -0.2) is 41.7 Å². The second kappa shape index (κ2) is 6.59. The maximum Gasteiger partial charge on any atom is 0.325 e. The van der Waals surface area contributed by atoms with Crippen LogP contribution in [0.25, 0.3) is 0 Å². The summed E-state index contributed by atoms with van der Waals surface area (Å²) in [7, 11) is 0. The second-order valence-electron chi connectivity index (χ2n) is 2.45. The van der Waals surface area contributed by atoms with E-state index in [0.29, 0.717) is 6.54 Å². The van der Waals surface area contributed by atoms with Crippen LogP contribution in [0.3, 0.4) is 0 Å². The van der Waals surface area contributed by atoms with Gasteiger partial charge in [-0.25, -0.2) is 4.79 Å². The molecule has 76 valence electrons. The summed E-state index contributed by atoms with van der Waals surface area (Å²) in [5, 5.41) is 13.3. The quantitative estimate of drug-likeness (QED) is 0.558. The molecule has 0 heterocycles. The van der Waals surface area contributed by atoms with Crippen molar-refractivity contribution in [1.29, 1.82) is 0 Å². The molecule has 1 unspecified atom stereocenters. The molecule has 0 aromatic rings. The van der Waals surface area contributed by atoms with Crippen LogP contribution in [0.5, 0.6) is 0 Å². The SMILES string of the molecule is CSCCNC(=O)NC(C)C(=O)O. The Morgan fingerprint density at radius 2 is 2.15 bits per heavy atom.